The molecule has 0 spiro atoms. The Morgan fingerprint density at radius 3 is 2.64 bits per heavy atom. The molecule has 0 amide bonds. The highest BCUT2D eigenvalue weighted by atomic mass is 16.5. The fourth-order valence-corrected chi connectivity index (χ4v) is 3.95. The first-order valence-electron chi connectivity index (χ1n) is 8.91. The van der Waals surface area contributed by atoms with Crippen LogP contribution in [0.15, 0.2) is 41.2 Å². The Kier molecular flexibility index (Phi) is 3.68. The number of rotatable bonds is 3. The van der Waals surface area contributed by atoms with Gasteiger partial charge < -0.3 is 9.30 Å². The molecule has 0 saturated carbocycles. The quantitative estimate of drug-likeness (QED) is 0.543. The molecule has 3 aromatic rings. The van der Waals surface area contributed by atoms with E-state index in [0.717, 1.165) is 40.0 Å². The highest BCUT2D eigenvalue weighted by Crippen LogP contribution is 2.38. The topological polar surface area (TPSA) is 31.2 Å². The molecule has 1 aliphatic rings. The van der Waals surface area contributed by atoms with Gasteiger partial charge in [0, 0.05) is 29.5 Å². The maximum absolute atomic E-state index is 13.2. The molecule has 0 radical (unpaired) electrons. The minimum absolute atomic E-state index is 0.173. The number of ether oxygens (including phenoxy) is 1. The molecule has 2 aromatic carbocycles. The first-order chi connectivity index (χ1) is 12.0. The van der Waals surface area contributed by atoms with Crippen molar-refractivity contribution < 1.29 is 4.74 Å². The van der Waals surface area contributed by atoms with Crippen LogP contribution in [0.25, 0.3) is 22.2 Å². The van der Waals surface area contributed by atoms with Gasteiger partial charge in [-0.05, 0) is 54.3 Å². The third kappa shape index (κ3) is 2.30. The summed E-state index contributed by atoms with van der Waals surface area (Å²) in [5.41, 5.74) is 6.74. The van der Waals surface area contributed by atoms with Gasteiger partial charge >= 0.3 is 0 Å². The van der Waals surface area contributed by atoms with Crippen molar-refractivity contribution in [2.45, 2.75) is 39.7 Å². The van der Waals surface area contributed by atoms with Crippen LogP contribution < -0.4 is 10.2 Å². The van der Waals surface area contributed by atoms with Crippen molar-refractivity contribution in [1.29, 1.82) is 0 Å². The van der Waals surface area contributed by atoms with E-state index >= 15 is 0 Å². The van der Waals surface area contributed by atoms with E-state index in [0.29, 0.717) is 12.3 Å². The van der Waals surface area contributed by atoms with Crippen LogP contribution in [0.4, 0.5) is 0 Å². The lowest BCUT2D eigenvalue weighted by molar-refractivity contribution is 0.414. The molecule has 128 valence electrons. The molecule has 3 heteroatoms. The molecule has 0 atom stereocenters. The number of hydrogen-bond donors (Lipinski definition) is 0. The second kappa shape index (κ2) is 5.76. The molecular formula is C22H23NO2. The van der Waals surface area contributed by atoms with Gasteiger partial charge in [0.2, 0.25) is 0 Å². The highest BCUT2D eigenvalue weighted by molar-refractivity contribution is 5.88. The van der Waals surface area contributed by atoms with Crippen LogP contribution in [0.2, 0.25) is 0 Å². The standard InChI is InChI=1S/C22H23NO2/c1-5-23-20-9-6-14(13(2)3)11-18(20)22(24)19-12-15-10-16(25-4)7-8-17(15)21(19)23/h6-11,13H,5,12H2,1-4H3. The average Bonchev–Trinajstić information content (AvgIpc) is 3.00. The summed E-state index contributed by atoms with van der Waals surface area (Å²) in [5, 5.41) is 0.839. The third-order valence-corrected chi connectivity index (χ3v) is 5.30. The molecule has 0 bridgehead atoms. The van der Waals surface area contributed by atoms with Crippen LogP contribution in [-0.2, 0) is 13.0 Å². The van der Waals surface area contributed by atoms with Gasteiger partial charge in [-0.2, -0.15) is 0 Å². The predicted molar refractivity (Wildman–Crippen MR) is 103 cm³/mol. The van der Waals surface area contributed by atoms with Crippen molar-refractivity contribution in [2.75, 3.05) is 7.11 Å². The Morgan fingerprint density at radius 1 is 1.16 bits per heavy atom. The Bertz CT molecular complexity index is 1040. The summed E-state index contributed by atoms with van der Waals surface area (Å²) in [6, 6.07) is 12.5. The molecule has 0 unspecified atom stereocenters. The fourth-order valence-electron chi connectivity index (χ4n) is 3.95. The van der Waals surface area contributed by atoms with Crippen molar-refractivity contribution in [3.8, 4) is 17.0 Å². The normalized spacial score (nSPS) is 12.5. The molecule has 0 fully saturated rings. The number of aromatic nitrogens is 1. The zero-order chi connectivity index (χ0) is 17.7. The van der Waals surface area contributed by atoms with E-state index in [2.05, 4.69) is 55.7 Å². The molecular weight excluding hydrogens is 310 g/mol. The van der Waals surface area contributed by atoms with Crippen molar-refractivity contribution >= 4 is 10.9 Å². The third-order valence-electron chi connectivity index (χ3n) is 5.30. The minimum Gasteiger partial charge on any atom is -0.497 e. The number of aryl methyl sites for hydroxylation is 1. The van der Waals surface area contributed by atoms with Gasteiger partial charge in [-0.15, -0.1) is 0 Å². The maximum Gasteiger partial charge on any atom is 0.193 e. The van der Waals surface area contributed by atoms with Gasteiger partial charge in [0.1, 0.15) is 5.75 Å². The van der Waals surface area contributed by atoms with Crippen molar-refractivity contribution in [3.05, 3.63) is 63.3 Å². The van der Waals surface area contributed by atoms with E-state index in [1.165, 1.54) is 11.1 Å². The predicted octanol–water partition coefficient (Wildman–Crippen LogP) is 4.72. The Morgan fingerprint density at radius 2 is 1.96 bits per heavy atom. The van der Waals surface area contributed by atoms with E-state index in [9.17, 15) is 4.79 Å². The average molecular weight is 333 g/mol. The Hall–Kier alpha value is -2.55. The van der Waals surface area contributed by atoms with Gasteiger partial charge in [-0.1, -0.05) is 19.9 Å². The molecule has 1 heterocycles. The van der Waals surface area contributed by atoms with Gasteiger partial charge in [0.25, 0.3) is 0 Å². The summed E-state index contributed by atoms with van der Waals surface area (Å²) in [6.45, 7) is 7.30. The molecule has 0 N–H and O–H groups in total. The summed E-state index contributed by atoms with van der Waals surface area (Å²) in [4.78, 5) is 13.2. The lowest BCUT2D eigenvalue weighted by Crippen LogP contribution is -2.15. The monoisotopic (exact) mass is 333 g/mol. The smallest absolute Gasteiger partial charge is 0.193 e. The van der Waals surface area contributed by atoms with Crippen LogP contribution in [0.1, 0.15) is 43.4 Å². The number of fused-ring (bicyclic) bond motifs is 4. The van der Waals surface area contributed by atoms with Crippen molar-refractivity contribution in [3.63, 3.8) is 0 Å². The number of benzene rings is 2. The van der Waals surface area contributed by atoms with Crippen molar-refractivity contribution in [2.24, 2.45) is 0 Å². The molecule has 1 aromatic heterocycles. The summed E-state index contributed by atoms with van der Waals surface area (Å²) in [5.74, 6) is 1.25. The van der Waals surface area contributed by atoms with Gasteiger partial charge in [0.15, 0.2) is 5.43 Å². The first-order valence-corrected chi connectivity index (χ1v) is 8.91. The van der Waals surface area contributed by atoms with E-state index < -0.39 is 0 Å². The second-order valence-corrected chi connectivity index (χ2v) is 7.03. The number of methoxy groups -OCH3 is 1. The number of pyridine rings is 1. The molecule has 25 heavy (non-hydrogen) atoms. The minimum atomic E-state index is 0.173. The lowest BCUT2D eigenvalue weighted by Gasteiger charge is -2.17. The maximum atomic E-state index is 13.2. The second-order valence-electron chi connectivity index (χ2n) is 7.03. The van der Waals surface area contributed by atoms with Gasteiger partial charge in [0.05, 0.1) is 18.3 Å². The van der Waals surface area contributed by atoms with Crippen LogP contribution in [0.3, 0.4) is 0 Å². The summed E-state index contributed by atoms with van der Waals surface area (Å²) < 4.78 is 7.65. The van der Waals surface area contributed by atoms with E-state index in [-0.39, 0.29) is 5.43 Å². The van der Waals surface area contributed by atoms with Crippen LogP contribution >= 0.6 is 0 Å². The van der Waals surface area contributed by atoms with Crippen LogP contribution in [0.5, 0.6) is 5.75 Å². The molecule has 0 aliphatic heterocycles. The summed E-state index contributed by atoms with van der Waals surface area (Å²) in [7, 11) is 1.68. The van der Waals surface area contributed by atoms with Crippen molar-refractivity contribution in [1.82, 2.24) is 4.57 Å². The fraction of sp³-hybridized carbons (Fsp3) is 0.318. The number of hydrogen-bond acceptors (Lipinski definition) is 2. The van der Waals surface area contributed by atoms with Crippen LogP contribution in [-0.4, -0.2) is 11.7 Å². The van der Waals surface area contributed by atoms with E-state index in [4.69, 9.17) is 4.74 Å². The van der Waals surface area contributed by atoms with Gasteiger partial charge in [-0.25, -0.2) is 0 Å². The van der Waals surface area contributed by atoms with Crippen LogP contribution in [0, 0.1) is 0 Å². The molecule has 4 rings (SSSR count). The zero-order valence-electron chi connectivity index (χ0n) is 15.2. The van der Waals surface area contributed by atoms with Gasteiger partial charge in [-0.3, -0.25) is 4.79 Å². The molecule has 0 saturated heterocycles. The largest absolute Gasteiger partial charge is 0.497 e. The summed E-state index contributed by atoms with van der Waals surface area (Å²) >= 11 is 0. The Balaban J connectivity index is 2.06. The number of nitrogens with zero attached hydrogens (tertiary/aromatic N) is 1. The first kappa shape index (κ1) is 15.9. The van der Waals surface area contributed by atoms with E-state index in [1.54, 1.807) is 7.11 Å². The Labute approximate surface area is 147 Å². The SMILES string of the molecule is CCn1c2c(c(=O)c3cc(C(C)C)ccc31)Cc1cc(OC)ccc1-2. The molecule has 3 nitrogen and oxygen atoms in total. The highest BCUT2D eigenvalue weighted by Gasteiger charge is 2.26. The summed E-state index contributed by atoms with van der Waals surface area (Å²) in [6.07, 6.45) is 0.683. The van der Waals surface area contributed by atoms with E-state index in [1.807, 2.05) is 6.07 Å². The molecule has 1 aliphatic carbocycles. The zero-order valence-corrected chi connectivity index (χ0v) is 15.2. The lowest BCUT2D eigenvalue weighted by atomic mass is 9.99.